The molecule has 0 bridgehead atoms. The fraction of sp³-hybridized carbons (Fsp3) is 0.0833. The summed E-state index contributed by atoms with van der Waals surface area (Å²) < 4.78 is 14.6. The highest BCUT2D eigenvalue weighted by atomic mass is 35.5. The second-order valence-corrected chi connectivity index (χ2v) is 4.08. The van der Waals surface area contributed by atoms with Crippen molar-refractivity contribution in [2.45, 2.75) is 6.54 Å². The number of benzene rings is 1. The Morgan fingerprint density at radius 3 is 2.68 bits per heavy atom. The molecule has 0 amide bonds. The Kier molecular flexibility index (Phi) is 3.62. The molecular formula is C12H8ClFN2O3. The highest BCUT2D eigenvalue weighted by molar-refractivity contribution is 6.32. The average Bonchev–Trinajstić information content (AvgIpc) is 2.69. The van der Waals surface area contributed by atoms with Crippen molar-refractivity contribution in [3.63, 3.8) is 0 Å². The fourth-order valence-corrected chi connectivity index (χ4v) is 1.84. The highest BCUT2D eigenvalue weighted by Crippen LogP contribution is 2.20. The van der Waals surface area contributed by atoms with Crippen LogP contribution in [-0.4, -0.2) is 27.1 Å². The lowest BCUT2D eigenvalue weighted by atomic mass is 10.2. The number of rotatable bonds is 4. The first kappa shape index (κ1) is 13.2. The van der Waals surface area contributed by atoms with Gasteiger partial charge in [-0.15, -0.1) is 0 Å². The lowest BCUT2D eigenvalue weighted by molar-refractivity contribution is 0.0686. The van der Waals surface area contributed by atoms with Crippen molar-refractivity contribution in [3.05, 3.63) is 52.1 Å². The molecule has 7 heteroatoms. The molecule has 0 radical (unpaired) electrons. The Morgan fingerprint density at radius 1 is 1.47 bits per heavy atom. The van der Waals surface area contributed by atoms with Gasteiger partial charge in [0.1, 0.15) is 11.0 Å². The zero-order chi connectivity index (χ0) is 14.0. The smallest absolute Gasteiger partial charge is 0.357 e. The summed E-state index contributed by atoms with van der Waals surface area (Å²) in [6, 6.07) is 5.96. The van der Waals surface area contributed by atoms with Gasteiger partial charge in [-0.2, -0.15) is 5.10 Å². The first-order valence-corrected chi connectivity index (χ1v) is 5.60. The van der Waals surface area contributed by atoms with Gasteiger partial charge in [-0.1, -0.05) is 29.8 Å². The number of carboxylic acid groups (broad SMARTS) is 1. The average molecular weight is 283 g/mol. The molecule has 2 aromatic rings. The van der Waals surface area contributed by atoms with Gasteiger partial charge in [0.15, 0.2) is 12.0 Å². The van der Waals surface area contributed by atoms with Gasteiger partial charge in [0.25, 0.3) is 0 Å². The first-order chi connectivity index (χ1) is 9.04. The number of carbonyl (C=O) groups is 2. The Balaban J connectivity index is 2.44. The Morgan fingerprint density at radius 2 is 2.16 bits per heavy atom. The van der Waals surface area contributed by atoms with Crippen LogP contribution in [0.15, 0.2) is 24.3 Å². The van der Waals surface area contributed by atoms with Gasteiger partial charge in [0.2, 0.25) is 0 Å². The maximum Gasteiger partial charge on any atom is 0.357 e. The number of aromatic carboxylic acids is 1. The van der Waals surface area contributed by atoms with Crippen LogP contribution in [0.1, 0.15) is 26.4 Å². The van der Waals surface area contributed by atoms with E-state index in [1.54, 1.807) is 6.07 Å². The zero-order valence-electron chi connectivity index (χ0n) is 9.51. The molecule has 0 fully saturated rings. The van der Waals surface area contributed by atoms with Gasteiger partial charge in [-0.05, 0) is 6.07 Å². The van der Waals surface area contributed by atoms with Crippen molar-refractivity contribution in [1.29, 1.82) is 0 Å². The van der Waals surface area contributed by atoms with Crippen LogP contribution in [0.5, 0.6) is 0 Å². The van der Waals surface area contributed by atoms with Crippen LogP contribution in [-0.2, 0) is 6.54 Å². The van der Waals surface area contributed by atoms with Crippen LogP contribution >= 0.6 is 11.6 Å². The monoisotopic (exact) mass is 282 g/mol. The van der Waals surface area contributed by atoms with E-state index in [0.717, 1.165) is 4.68 Å². The number of hydrogen-bond acceptors (Lipinski definition) is 3. The number of hydrogen-bond donors (Lipinski definition) is 1. The lowest BCUT2D eigenvalue weighted by Crippen LogP contribution is -2.06. The molecule has 1 heterocycles. The fourth-order valence-electron chi connectivity index (χ4n) is 1.61. The van der Waals surface area contributed by atoms with E-state index < -0.39 is 17.5 Å². The number of halogens is 2. The third-order valence-electron chi connectivity index (χ3n) is 2.52. The predicted octanol–water partition coefficient (Wildman–Crippen LogP) is 2.23. The van der Waals surface area contributed by atoms with E-state index in [1.165, 1.54) is 18.2 Å². The number of carbonyl (C=O) groups excluding carboxylic acids is 1. The van der Waals surface area contributed by atoms with Gasteiger partial charge in [0.05, 0.1) is 12.1 Å². The van der Waals surface area contributed by atoms with Crippen molar-refractivity contribution >= 4 is 23.9 Å². The second kappa shape index (κ2) is 5.19. The van der Waals surface area contributed by atoms with E-state index in [4.69, 9.17) is 16.7 Å². The second-order valence-electron chi connectivity index (χ2n) is 3.73. The normalized spacial score (nSPS) is 10.4. The summed E-state index contributed by atoms with van der Waals surface area (Å²) in [7, 11) is 0. The van der Waals surface area contributed by atoms with Crippen LogP contribution in [0.25, 0.3) is 0 Å². The Labute approximate surface area is 112 Å². The molecule has 0 saturated heterocycles. The molecule has 0 saturated carbocycles. The summed E-state index contributed by atoms with van der Waals surface area (Å²) in [5.74, 6) is -1.82. The Hall–Kier alpha value is -2.21. The number of nitrogens with zero attached hydrogens (tertiary/aromatic N) is 2. The zero-order valence-corrected chi connectivity index (χ0v) is 10.3. The van der Waals surface area contributed by atoms with Gasteiger partial charge in [-0.25, -0.2) is 13.9 Å². The molecular weight excluding hydrogens is 275 g/mol. The minimum atomic E-state index is -1.36. The van der Waals surface area contributed by atoms with Crippen molar-refractivity contribution in [2.24, 2.45) is 0 Å². The van der Waals surface area contributed by atoms with Gasteiger partial charge in [-0.3, -0.25) is 4.79 Å². The number of carboxylic acids is 1. The molecule has 0 aliphatic rings. The van der Waals surface area contributed by atoms with Crippen LogP contribution in [0.2, 0.25) is 5.15 Å². The molecule has 0 atom stereocenters. The number of aromatic nitrogens is 2. The quantitative estimate of drug-likeness (QED) is 0.873. The number of aldehydes is 1. The standard InChI is InChI=1S/C12H8ClFN2O3/c13-11-8(6-17)10(12(18)19)15-16(11)5-7-3-1-2-4-9(7)14/h1-4,6H,5H2,(H,18,19). The van der Waals surface area contributed by atoms with Crippen LogP contribution in [0, 0.1) is 5.82 Å². The molecule has 98 valence electrons. The van der Waals surface area contributed by atoms with Crippen molar-refractivity contribution in [1.82, 2.24) is 9.78 Å². The Bertz CT molecular complexity index is 654. The predicted molar refractivity (Wildman–Crippen MR) is 65.1 cm³/mol. The maximum absolute atomic E-state index is 13.5. The summed E-state index contributed by atoms with van der Waals surface area (Å²) in [5.41, 5.74) is -0.372. The molecule has 2 rings (SSSR count). The summed E-state index contributed by atoms with van der Waals surface area (Å²) in [5, 5.41) is 12.5. The van der Waals surface area contributed by atoms with Crippen molar-refractivity contribution < 1.29 is 19.1 Å². The molecule has 0 unspecified atom stereocenters. The lowest BCUT2D eigenvalue weighted by Gasteiger charge is -2.04. The van der Waals surface area contributed by atoms with E-state index in [1.807, 2.05) is 0 Å². The van der Waals surface area contributed by atoms with Crippen LogP contribution in [0.4, 0.5) is 4.39 Å². The molecule has 0 aliphatic heterocycles. The van der Waals surface area contributed by atoms with E-state index >= 15 is 0 Å². The first-order valence-electron chi connectivity index (χ1n) is 5.22. The highest BCUT2D eigenvalue weighted by Gasteiger charge is 2.21. The largest absolute Gasteiger partial charge is 0.476 e. The maximum atomic E-state index is 13.5. The van der Waals surface area contributed by atoms with E-state index in [2.05, 4.69) is 5.10 Å². The molecule has 1 aromatic heterocycles. The van der Waals surface area contributed by atoms with Crippen molar-refractivity contribution in [3.8, 4) is 0 Å². The molecule has 0 aliphatic carbocycles. The topological polar surface area (TPSA) is 72.2 Å². The summed E-state index contributed by atoms with van der Waals surface area (Å²) in [6.45, 7) is -0.0559. The third kappa shape index (κ3) is 2.48. The SMILES string of the molecule is O=Cc1c(C(=O)O)nn(Cc2ccccc2F)c1Cl. The van der Waals surface area contributed by atoms with Gasteiger partial charge in [0, 0.05) is 5.56 Å². The third-order valence-corrected chi connectivity index (χ3v) is 2.92. The van der Waals surface area contributed by atoms with Gasteiger partial charge >= 0.3 is 5.97 Å². The molecule has 0 spiro atoms. The molecule has 19 heavy (non-hydrogen) atoms. The van der Waals surface area contributed by atoms with E-state index in [9.17, 15) is 14.0 Å². The molecule has 1 aromatic carbocycles. The van der Waals surface area contributed by atoms with E-state index in [0.29, 0.717) is 11.8 Å². The molecule has 5 nitrogen and oxygen atoms in total. The van der Waals surface area contributed by atoms with Crippen LogP contribution in [0.3, 0.4) is 0 Å². The van der Waals surface area contributed by atoms with E-state index in [-0.39, 0.29) is 17.3 Å². The minimum Gasteiger partial charge on any atom is -0.476 e. The summed E-state index contributed by atoms with van der Waals surface area (Å²) in [4.78, 5) is 21.7. The van der Waals surface area contributed by atoms with Gasteiger partial charge < -0.3 is 5.11 Å². The summed E-state index contributed by atoms with van der Waals surface area (Å²) in [6.07, 6.45) is 0.316. The van der Waals surface area contributed by atoms with Crippen LogP contribution < -0.4 is 0 Å². The minimum absolute atomic E-state index is 0.0559. The molecule has 1 N–H and O–H groups in total. The summed E-state index contributed by atoms with van der Waals surface area (Å²) >= 11 is 5.86. The van der Waals surface area contributed by atoms with Crippen molar-refractivity contribution in [2.75, 3.05) is 0 Å².